The minimum atomic E-state index is -1.55. The Morgan fingerprint density at radius 2 is 1.76 bits per heavy atom. The summed E-state index contributed by atoms with van der Waals surface area (Å²) in [7, 11) is 0. The SMILES string of the molecule is O=C(CNC(=O)c1cccc(F)c1)NC(CO)(CO)CO. The van der Waals surface area contributed by atoms with Gasteiger partial charge in [0, 0.05) is 5.56 Å². The minimum absolute atomic E-state index is 0.0561. The molecule has 0 bridgehead atoms. The average Bonchev–Trinajstić information content (AvgIpc) is 2.50. The third-order valence-corrected chi connectivity index (χ3v) is 2.81. The monoisotopic (exact) mass is 300 g/mol. The molecule has 0 saturated carbocycles. The van der Waals surface area contributed by atoms with Crippen molar-refractivity contribution in [2.45, 2.75) is 5.54 Å². The van der Waals surface area contributed by atoms with Gasteiger partial charge in [0.2, 0.25) is 5.91 Å². The second-order valence-corrected chi connectivity index (χ2v) is 4.50. The average molecular weight is 300 g/mol. The lowest BCUT2D eigenvalue weighted by atomic mass is 10.0. The van der Waals surface area contributed by atoms with Gasteiger partial charge in [-0.1, -0.05) is 6.07 Å². The van der Waals surface area contributed by atoms with Gasteiger partial charge in [-0.05, 0) is 18.2 Å². The number of benzene rings is 1. The Labute approximate surface area is 120 Å². The Morgan fingerprint density at radius 3 is 2.29 bits per heavy atom. The fraction of sp³-hybridized carbons (Fsp3) is 0.385. The van der Waals surface area contributed by atoms with E-state index in [4.69, 9.17) is 15.3 Å². The van der Waals surface area contributed by atoms with Gasteiger partial charge in [-0.3, -0.25) is 9.59 Å². The first-order valence-electron chi connectivity index (χ1n) is 6.14. The summed E-state index contributed by atoms with van der Waals surface area (Å²) in [5.41, 5.74) is -1.50. The highest BCUT2D eigenvalue weighted by molar-refractivity contribution is 5.96. The number of nitrogens with one attached hydrogen (secondary N) is 2. The first-order valence-corrected chi connectivity index (χ1v) is 6.14. The summed E-state index contributed by atoms with van der Waals surface area (Å²) in [6.07, 6.45) is 0. The van der Waals surface area contributed by atoms with Crippen LogP contribution >= 0.6 is 0 Å². The van der Waals surface area contributed by atoms with E-state index in [9.17, 15) is 14.0 Å². The van der Waals surface area contributed by atoms with Gasteiger partial charge >= 0.3 is 0 Å². The first-order chi connectivity index (χ1) is 9.96. The molecule has 2 amide bonds. The molecule has 0 aliphatic carbocycles. The highest BCUT2D eigenvalue weighted by Crippen LogP contribution is 2.03. The maximum absolute atomic E-state index is 12.9. The molecule has 1 aromatic carbocycles. The first kappa shape index (κ1) is 17.0. The molecule has 0 radical (unpaired) electrons. The van der Waals surface area contributed by atoms with Crippen molar-refractivity contribution in [2.24, 2.45) is 0 Å². The van der Waals surface area contributed by atoms with Crippen molar-refractivity contribution in [3.8, 4) is 0 Å². The van der Waals surface area contributed by atoms with Gasteiger partial charge < -0.3 is 26.0 Å². The zero-order chi connectivity index (χ0) is 15.9. The van der Waals surface area contributed by atoms with Crippen LogP contribution in [0.15, 0.2) is 24.3 Å². The smallest absolute Gasteiger partial charge is 0.251 e. The third-order valence-electron chi connectivity index (χ3n) is 2.81. The van der Waals surface area contributed by atoms with E-state index in [1.807, 2.05) is 0 Å². The Balaban J connectivity index is 2.55. The molecule has 0 atom stereocenters. The number of hydrogen-bond acceptors (Lipinski definition) is 5. The van der Waals surface area contributed by atoms with Crippen LogP contribution in [0.25, 0.3) is 0 Å². The van der Waals surface area contributed by atoms with Crippen LogP contribution in [-0.2, 0) is 4.79 Å². The van der Waals surface area contributed by atoms with Crippen molar-refractivity contribution in [2.75, 3.05) is 26.4 Å². The quantitative estimate of drug-likeness (QED) is 0.415. The number of halogens is 1. The maximum atomic E-state index is 12.9. The van der Waals surface area contributed by atoms with E-state index in [1.54, 1.807) is 0 Å². The number of aliphatic hydroxyl groups excluding tert-OH is 3. The highest BCUT2D eigenvalue weighted by atomic mass is 19.1. The van der Waals surface area contributed by atoms with Crippen LogP contribution in [-0.4, -0.2) is 59.0 Å². The summed E-state index contributed by atoms with van der Waals surface area (Å²) in [5.74, 6) is -1.93. The summed E-state index contributed by atoms with van der Waals surface area (Å²) in [6, 6.07) is 4.95. The van der Waals surface area contributed by atoms with Crippen LogP contribution in [0.2, 0.25) is 0 Å². The van der Waals surface area contributed by atoms with E-state index in [2.05, 4.69) is 10.6 Å². The third kappa shape index (κ3) is 4.78. The normalized spacial score (nSPS) is 11.0. The zero-order valence-corrected chi connectivity index (χ0v) is 11.2. The van der Waals surface area contributed by atoms with Gasteiger partial charge in [0.15, 0.2) is 0 Å². The van der Waals surface area contributed by atoms with Crippen LogP contribution in [0, 0.1) is 5.82 Å². The Kier molecular flexibility index (Phi) is 6.22. The summed E-state index contributed by atoms with van der Waals surface area (Å²) in [6.45, 7) is -2.44. The van der Waals surface area contributed by atoms with E-state index >= 15 is 0 Å². The Morgan fingerprint density at radius 1 is 1.14 bits per heavy atom. The molecule has 0 aliphatic heterocycles. The molecule has 0 saturated heterocycles. The predicted molar refractivity (Wildman–Crippen MR) is 70.9 cm³/mol. The van der Waals surface area contributed by atoms with Crippen LogP contribution in [0.5, 0.6) is 0 Å². The summed E-state index contributed by atoms with van der Waals surface area (Å²) in [5, 5.41) is 31.6. The fourth-order valence-corrected chi connectivity index (χ4v) is 1.50. The van der Waals surface area contributed by atoms with E-state index in [0.29, 0.717) is 0 Å². The molecule has 0 aliphatic rings. The lowest BCUT2D eigenvalue weighted by Gasteiger charge is -2.28. The van der Waals surface area contributed by atoms with Gasteiger partial charge in [0.25, 0.3) is 5.91 Å². The molecular formula is C13H17FN2O5. The van der Waals surface area contributed by atoms with E-state index in [0.717, 1.165) is 6.07 Å². The van der Waals surface area contributed by atoms with Crippen LogP contribution in [0.1, 0.15) is 10.4 Å². The molecule has 0 fully saturated rings. The number of rotatable bonds is 7. The molecule has 1 rings (SSSR count). The molecule has 7 nitrogen and oxygen atoms in total. The van der Waals surface area contributed by atoms with E-state index in [-0.39, 0.29) is 5.56 Å². The Bertz CT molecular complexity index is 497. The minimum Gasteiger partial charge on any atom is -0.394 e. The molecule has 21 heavy (non-hydrogen) atoms. The molecule has 0 heterocycles. The lowest BCUT2D eigenvalue weighted by molar-refractivity contribution is -0.124. The van der Waals surface area contributed by atoms with Gasteiger partial charge in [-0.2, -0.15) is 0 Å². The molecule has 8 heteroatoms. The van der Waals surface area contributed by atoms with Crippen LogP contribution in [0.4, 0.5) is 4.39 Å². The predicted octanol–water partition coefficient (Wildman–Crippen LogP) is -1.61. The molecule has 116 valence electrons. The molecular weight excluding hydrogens is 283 g/mol. The highest BCUT2D eigenvalue weighted by Gasteiger charge is 2.29. The van der Waals surface area contributed by atoms with Crippen molar-refractivity contribution in [3.05, 3.63) is 35.6 Å². The van der Waals surface area contributed by atoms with Gasteiger partial charge in [-0.25, -0.2) is 4.39 Å². The number of aliphatic hydroxyl groups is 3. The standard InChI is InChI=1S/C13H17FN2O5/c14-10-3-1-2-9(4-10)12(21)15-5-11(20)16-13(6-17,7-18)8-19/h1-4,17-19H,5-8H2,(H,15,21)(H,16,20). The molecule has 0 aromatic heterocycles. The zero-order valence-electron chi connectivity index (χ0n) is 11.2. The van der Waals surface area contributed by atoms with E-state index < -0.39 is 49.5 Å². The number of carbonyl (C=O) groups is 2. The van der Waals surface area contributed by atoms with Gasteiger partial charge in [0.05, 0.1) is 26.4 Å². The van der Waals surface area contributed by atoms with Crippen LogP contribution < -0.4 is 10.6 Å². The van der Waals surface area contributed by atoms with E-state index in [1.165, 1.54) is 18.2 Å². The number of amides is 2. The number of hydrogen-bond donors (Lipinski definition) is 5. The fourth-order valence-electron chi connectivity index (χ4n) is 1.50. The number of carbonyl (C=O) groups excluding carboxylic acids is 2. The Hall–Kier alpha value is -2.03. The summed E-state index contributed by atoms with van der Waals surface area (Å²) in [4.78, 5) is 23.3. The maximum Gasteiger partial charge on any atom is 0.251 e. The van der Waals surface area contributed by atoms with Crippen molar-refractivity contribution >= 4 is 11.8 Å². The summed E-state index contributed by atoms with van der Waals surface area (Å²) >= 11 is 0. The molecule has 0 spiro atoms. The summed E-state index contributed by atoms with van der Waals surface area (Å²) < 4.78 is 12.9. The van der Waals surface area contributed by atoms with Crippen molar-refractivity contribution in [1.29, 1.82) is 0 Å². The van der Waals surface area contributed by atoms with Crippen LogP contribution in [0.3, 0.4) is 0 Å². The molecule has 1 aromatic rings. The second-order valence-electron chi connectivity index (χ2n) is 4.50. The largest absolute Gasteiger partial charge is 0.394 e. The lowest BCUT2D eigenvalue weighted by Crippen LogP contribution is -2.58. The van der Waals surface area contributed by atoms with Crippen molar-refractivity contribution < 1.29 is 29.3 Å². The molecule has 0 unspecified atom stereocenters. The van der Waals surface area contributed by atoms with Crippen molar-refractivity contribution in [3.63, 3.8) is 0 Å². The topological polar surface area (TPSA) is 119 Å². The van der Waals surface area contributed by atoms with Gasteiger partial charge in [-0.15, -0.1) is 0 Å². The molecule has 5 N–H and O–H groups in total. The van der Waals surface area contributed by atoms with Gasteiger partial charge in [0.1, 0.15) is 11.4 Å². The second kappa shape index (κ2) is 7.67. The van der Waals surface area contributed by atoms with Crippen molar-refractivity contribution in [1.82, 2.24) is 10.6 Å².